The van der Waals surface area contributed by atoms with Gasteiger partial charge in [-0.1, -0.05) is 6.92 Å². The van der Waals surface area contributed by atoms with Crippen LogP contribution in [0, 0.1) is 11.8 Å². The molecule has 2 atom stereocenters. The molecule has 3 nitrogen and oxygen atoms in total. The Bertz CT molecular complexity index is 190. The summed E-state index contributed by atoms with van der Waals surface area (Å²) in [6.07, 6.45) is 5.22. The summed E-state index contributed by atoms with van der Waals surface area (Å²) in [5.41, 5.74) is 0. The molecular weight excluding hydrogens is 188 g/mol. The van der Waals surface area contributed by atoms with E-state index in [1.165, 1.54) is 25.7 Å². The van der Waals surface area contributed by atoms with E-state index >= 15 is 0 Å². The van der Waals surface area contributed by atoms with E-state index in [1.54, 1.807) is 0 Å². The van der Waals surface area contributed by atoms with Crippen LogP contribution in [-0.2, 0) is 0 Å². The molecule has 3 heteroatoms. The van der Waals surface area contributed by atoms with Crippen molar-refractivity contribution in [3.63, 3.8) is 0 Å². The maximum Gasteiger partial charge on any atom is 0.0716 e. The summed E-state index contributed by atoms with van der Waals surface area (Å²) >= 11 is 0. The fourth-order valence-electron chi connectivity index (χ4n) is 2.71. The average Bonchev–Trinajstić information content (AvgIpc) is 2.63. The molecule has 1 aliphatic heterocycles. The van der Waals surface area contributed by atoms with Crippen LogP contribution in [0.15, 0.2) is 0 Å². The monoisotopic (exact) mass is 212 g/mol. The fraction of sp³-hybridized carbons (Fsp3) is 1.00. The lowest BCUT2D eigenvalue weighted by molar-refractivity contribution is 0.142. The van der Waals surface area contributed by atoms with Crippen LogP contribution in [0.25, 0.3) is 0 Å². The molecule has 88 valence electrons. The number of rotatable bonds is 3. The van der Waals surface area contributed by atoms with Gasteiger partial charge in [-0.25, -0.2) is 0 Å². The maximum atomic E-state index is 9.66. The van der Waals surface area contributed by atoms with Crippen molar-refractivity contribution in [2.24, 2.45) is 11.8 Å². The van der Waals surface area contributed by atoms with Gasteiger partial charge in [-0.3, -0.25) is 0 Å². The van der Waals surface area contributed by atoms with Gasteiger partial charge in [-0.05, 0) is 31.6 Å². The van der Waals surface area contributed by atoms with Crippen molar-refractivity contribution >= 4 is 0 Å². The van der Waals surface area contributed by atoms with E-state index in [9.17, 15) is 5.11 Å². The van der Waals surface area contributed by atoms with Gasteiger partial charge in [0.25, 0.3) is 0 Å². The molecule has 2 unspecified atom stereocenters. The molecule has 1 saturated heterocycles. The maximum absolute atomic E-state index is 9.66. The summed E-state index contributed by atoms with van der Waals surface area (Å²) in [5.74, 6) is 1.34. The summed E-state index contributed by atoms with van der Waals surface area (Å²) in [6, 6.07) is 0.703. The van der Waals surface area contributed by atoms with E-state index in [2.05, 4.69) is 17.6 Å². The smallest absolute Gasteiger partial charge is 0.0716 e. The fourth-order valence-corrected chi connectivity index (χ4v) is 2.71. The Morgan fingerprint density at radius 1 is 1.20 bits per heavy atom. The first-order valence-electron chi connectivity index (χ1n) is 6.38. The van der Waals surface area contributed by atoms with Gasteiger partial charge >= 0.3 is 0 Å². The second-order valence-electron chi connectivity index (χ2n) is 5.35. The Kier molecular flexibility index (Phi) is 4.00. The zero-order valence-corrected chi connectivity index (χ0v) is 9.71. The highest BCUT2D eigenvalue weighted by Crippen LogP contribution is 2.23. The molecule has 0 aromatic heterocycles. The van der Waals surface area contributed by atoms with E-state index in [0.29, 0.717) is 12.0 Å². The molecule has 0 bridgehead atoms. The van der Waals surface area contributed by atoms with Crippen molar-refractivity contribution in [1.82, 2.24) is 10.6 Å². The van der Waals surface area contributed by atoms with Gasteiger partial charge in [0.05, 0.1) is 6.10 Å². The first-order valence-corrected chi connectivity index (χ1v) is 6.38. The second kappa shape index (κ2) is 5.28. The van der Waals surface area contributed by atoms with Gasteiger partial charge in [0, 0.05) is 31.6 Å². The Morgan fingerprint density at radius 2 is 1.93 bits per heavy atom. The largest absolute Gasteiger partial charge is 0.391 e. The molecule has 2 aliphatic rings. The van der Waals surface area contributed by atoms with Crippen molar-refractivity contribution < 1.29 is 5.11 Å². The third-order valence-corrected chi connectivity index (χ3v) is 3.99. The summed E-state index contributed by atoms with van der Waals surface area (Å²) < 4.78 is 0. The van der Waals surface area contributed by atoms with Crippen LogP contribution in [0.1, 0.15) is 32.6 Å². The van der Waals surface area contributed by atoms with Crippen molar-refractivity contribution in [2.75, 3.05) is 19.6 Å². The van der Waals surface area contributed by atoms with Crippen molar-refractivity contribution in [2.45, 2.75) is 44.8 Å². The first-order chi connectivity index (χ1) is 7.25. The van der Waals surface area contributed by atoms with Crippen molar-refractivity contribution in [3.05, 3.63) is 0 Å². The van der Waals surface area contributed by atoms with Gasteiger partial charge in [0.1, 0.15) is 0 Å². The van der Waals surface area contributed by atoms with E-state index in [0.717, 1.165) is 25.6 Å². The first kappa shape index (κ1) is 11.4. The quantitative estimate of drug-likeness (QED) is 0.646. The lowest BCUT2D eigenvalue weighted by atomic mass is 9.87. The molecule has 0 amide bonds. The van der Waals surface area contributed by atoms with Crippen LogP contribution >= 0.6 is 0 Å². The van der Waals surface area contributed by atoms with Crippen LogP contribution in [-0.4, -0.2) is 36.9 Å². The van der Waals surface area contributed by atoms with E-state index in [-0.39, 0.29) is 6.10 Å². The molecule has 1 saturated carbocycles. The molecule has 2 fully saturated rings. The van der Waals surface area contributed by atoms with Gasteiger partial charge in [-0.2, -0.15) is 0 Å². The molecule has 1 aliphatic carbocycles. The van der Waals surface area contributed by atoms with Crippen molar-refractivity contribution in [3.8, 4) is 0 Å². The van der Waals surface area contributed by atoms with E-state index in [1.807, 2.05) is 0 Å². The van der Waals surface area contributed by atoms with Crippen LogP contribution in [0.3, 0.4) is 0 Å². The van der Waals surface area contributed by atoms with Crippen LogP contribution in [0.5, 0.6) is 0 Å². The number of hydrogen-bond donors (Lipinski definition) is 3. The Morgan fingerprint density at radius 3 is 2.53 bits per heavy atom. The van der Waals surface area contributed by atoms with E-state index < -0.39 is 0 Å². The number of aliphatic hydroxyl groups is 1. The van der Waals surface area contributed by atoms with Gasteiger partial charge in [0.2, 0.25) is 0 Å². The minimum absolute atomic E-state index is 0.139. The molecule has 15 heavy (non-hydrogen) atoms. The van der Waals surface area contributed by atoms with Crippen molar-refractivity contribution in [1.29, 1.82) is 0 Å². The van der Waals surface area contributed by atoms with Gasteiger partial charge < -0.3 is 15.7 Å². The zero-order chi connectivity index (χ0) is 10.7. The predicted molar refractivity (Wildman–Crippen MR) is 61.8 cm³/mol. The lowest BCUT2D eigenvalue weighted by Crippen LogP contribution is -2.39. The molecule has 1 heterocycles. The molecule has 0 spiro atoms. The summed E-state index contributed by atoms with van der Waals surface area (Å²) in [5, 5.41) is 16.5. The van der Waals surface area contributed by atoms with Crippen LogP contribution in [0.2, 0.25) is 0 Å². The summed E-state index contributed by atoms with van der Waals surface area (Å²) in [4.78, 5) is 0. The van der Waals surface area contributed by atoms with Gasteiger partial charge in [0.15, 0.2) is 0 Å². The number of nitrogens with one attached hydrogen (secondary N) is 2. The molecule has 0 radical (unpaired) electrons. The number of hydrogen-bond acceptors (Lipinski definition) is 3. The summed E-state index contributed by atoms with van der Waals surface area (Å²) in [6.45, 7) is 5.07. The third kappa shape index (κ3) is 3.16. The predicted octanol–water partition coefficient (Wildman–Crippen LogP) is 0.735. The number of aliphatic hydroxyl groups excluding tert-OH is 1. The molecule has 0 aromatic rings. The molecular formula is C12H24N2O. The topological polar surface area (TPSA) is 44.3 Å². The standard InChI is InChI=1S/C12H24N2O/c1-9-2-4-11(5-3-9)14-7-10-6-13-8-12(10)15/h9-15H,2-8H2,1H3. The average molecular weight is 212 g/mol. The number of β-amino-alcohol motifs (C(OH)–C–C–N with tert-alkyl or cyclic N) is 1. The molecule has 2 rings (SSSR count). The highest BCUT2D eigenvalue weighted by atomic mass is 16.3. The van der Waals surface area contributed by atoms with Crippen LogP contribution < -0.4 is 10.6 Å². The van der Waals surface area contributed by atoms with Gasteiger partial charge in [-0.15, -0.1) is 0 Å². The highest BCUT2D eigenvalue weighted by Gasteiger charge is 2.26. The minimum atomic E-state index is -0.139. The second-order valence-corrected chi connectivity index (χ2v) is 5.35. The normalized spacial score (nSPS) is 42.0. The summed E-state index contributed by atoms with van der Waals surface area (Å²) in [7, 11) is 0. The minimum Gasteiger partial charge on any atom is -0.391 e. The van der Waals surface area contributed by atoms with Crippen LogP contribution in [0.4, 0.5) is 0 Å². The molecule has 0 aromatic carbocycles. The third-order valence-electron chi connectivity index (χ3n) is 3.99. The lowest BCUT2D eigenvalue weighted by Gasteiger charge is -2.28. The molecule has 3 N–H and O–H groups in total. The zero-order valence-electron chi connectivity index (χ0n) is 9.71. The SMILES string of the molecule is CC1CCC(NCC2CNCC2O)CC1. The highest BCUT2D eigenvalue weighted by molar-refractivity contribution is 4.84. The van der Waals surface area contributed by atoms with E-state index in [4.69, 9.17) is 0 Å². The Balaban J connectivity index is 1.65. The Hall–Kier alpha value is -0.120. The Labute approximate surface area is 92.6 Å².